The molecule has 2 rings (SSSR count). The van der Waals surface area contributed by atoms with E-state index in [9.17, 15) is 5.11 Å². The van der Waals surface area contributed by atoms with Crippen LogP contribution in [0.3, 0.4) is 0 Å². The topological polar surface area (TPSA) is 82.7 Å². The number of hydrogen-bond acceptors (Lipinski definition) is 4. The number of aliphatic imine (C=N–C) groups is 1. The Morgan fingerprint density at radius 1 is 1.27 bits per heavy atom. The molecule has 0 radical (unpaired) electrons. The summed E-state index contributed by atoms with van der Waals surface area (Å²) in [5.74, 6) is 1.99. The minimum absolute atomic E-state index is 0.0829. The lowest BCUT2D eigenvalue weighted by atomic mass is 9.94. The zero-order valence-electron chi connectivity index (χ0n) is 15.7. The monoisotopic (exact) mass is 378 g/mol. The third-order valence-corrected chi connectivity index (χ3v) is 3.98. The highest BCUT2D eigenvalue weighted by Crippen LogP contribution is 2.22. The standard InChI is InChI=1S/C19H27ClN4O2/c1-5-21-18(23-10-15(25)13-6-8-14(20)9-7-13)24-12-17-22-11-16(26-17)19(2,3)4/h6-9,11,15,25H,5,10,12H2,1-4H3,(H2,21,23,24). The summed E-state index contributed by atoms with van der Waals surface area (Å²) < 4.78 is 5.75. The number of oxazole rings is 1. The number of aliphatic hydroxyl groups is 1. The molecule has 26 heavy (non-hydrogen) atoms. The second kappa shape index (κ2) is 9.05. The Hall–Kier alpha value is -2.05. The van der Waals surface area contributed by atoms with Gasteiger partial charge in [-0.2, -0.15) is 0 Å². The Morgan fingerprint density at radius 3 is 2.54 bits per heavy atom. The summed E-state index contributed by atoms with van der Waals surface area (Å²) in [6.07, 6.45) is 1.08. The van der Waals surface area contributed by atoms with Crippen molar-refractivity contribution in [2.75, 3.05) is 13.1 Å². The Balaban J connectivity index is 1.95. The van der Waals surface area contributed by atoms with E-state index in [4.69, 9.17) is 16.0 Å². The number of hydrogen-bond donors (Lipinski definition) is 3. The van der Waals surface area contributed by atoms with Crippen LogP contribution in [0.2, 0.25) is 5.02 Å². The third kappa shape index (κ3) is 6.04. The molecule has 0 aliphatic rings. The average Bonchev–Trinajstić information content (AvgIpc) is 3.07. The first kappa shape index (κ1) is 20.3. The molecule has 1 heterocycles. The van der Waals surface area contributed by atoms with Crippen LogP contribution < -0.4 is 10.6 Å². The van der Waals surface area contributed by atoms with Gasteiger partial charge < -0.3 is 20.2 Å². The molecule has 2 aromatic rings. The fourth-order valence-corrected chi connectivity index (χ4v) is 2.34. The van der Waals surface area contributed by atoms with Gasteiger partial charge in [-0.25, -0.2) is 9.98 Å². The van der Waals surface area contributed by atoms with Crippen molar-refractivity contribution in [3.8, 4) is 0 Å². The number of rotatable bonds is 6. The van der Waals surface area contributed by atoms with Gasteiger partial charge in [0.2, 0.25) is 5.89 Å². The first-order valence-electron chi connectivity index (χ1n) is 8.70. The lowest BCUT2D eigenvalue weighted by molar-refractivity contribution is 0.181. The van der Waals surface area contributed by atoms with Crippen molar-refractivity contribution in [3.05, 3.63) is 52.7 Å². The van der Waals surface area contributed by atoms with Crippen LogP contribution >= 0.6 is 11.6 Å². The van der Waals surface area contributed by atoms with E-state index in [0.717, 1.165) is 11.3 Å². The summed E-state index contributed by atoms with van der Waals surface area (Å²) in [6, 6.07) is 7.13. The number of aliphatic hydroxyl groups excluding tert-OH is 1. The van der Waals surface area contributed by atoms with Gasteiger partial charge in [-0.05, 0) is 24.6 Å². The van der Waals surface area contributed by atoms with Crippen LogP contribution in [0.4, 0.5) is 0 Å². The fourth-order valence-electron chi connectivity index (χ4n) is 2.21. The molecule has 6 nitrogen and oxygen atoms in total. The highest BCUT2D eigenvalue weighted by Gasteiger charge is 2.19. The predicted molar refractivity (Wildman–Crippen MR) is 104 cm³/mol. The number of nitrogens with one attached hydrogen (secondary N) is 2. The second-order valence-electron chi connectivity index (χ2n) is 7.01. The van der Waals surface area contributed by atoms with E-state index in [-0.39, 0.29) is 5.41 Å². The van der Waals surface area contributed by atoms with Gasteiger partial charge in [-0.15, -0.1) is 0 Å². The summed E-state index contributed by atoms with van der Waals surface area (Å²) in [5, 5.41) is 17.2. The molecule has 3 N–H and O–H groups in total. The molecule has 7 heteroatoms. The Morgan fingerprint density at radius 2 is 1.96 bits per heavy atom. The molecule has 0 aliphatic heterocycles. The van der Waals surface area contributed by atoms with Gasteiger partial charge in [0.25, 0.3) is 0 Å². The number of nitrogens with zero attached hydrogens (tertiary/aromatic N) is 2. The molecule has 0 spiro atoms. The number of benzene rings is 1. The molecule has 0 amide bonds. The third-order valence-electron chi connectivity index (χ3n) is 3.73. The van der Waals surface area contributed by atoms with E-state index in [1.165, 1.54) is 0 Å². The smallest absolute Gasteiger partial charge is 0.216 e. The highest BCUT2D eigenvalue weighted by atomic mass is 35.5. The van der Waals surface area contributed by atoms with Crippen LogP contribution in [0.1, 0.15) is 51.0 Å². The molecule has 0 bridgehead atoms. The fraction of sp³-hybridized carbons (Fsp3) is 0.474. The number of aromatic nitrogens is 1. The van der Waals surface area contributed by atoms with Crippen LogP contribution in [-0.4, -0.2) is 29.1 Å². The van der Waals surface area contributed by atoms with Crippen molar-refractivity contribution in [3.63, 3.8) is 0 Å². The molecule has 1 atom stereocenters. The first-order valence-corrected chi connectivity index (χ1v) is 9.08. The second-order valence-corrected chi connectivity index (χ2v) is 7.45. The van der Waals surface area contributed by atoms with Gasteiger partial charge in [-0.3, -0.25) is 0 Å². The van der Waals surface area contributed by atoms with Gasteiger partial charge in [0, 0.05) is 23.5 Å². The Kier molecular flexibility index (Phi) is 7.06. The van der Waals surface area contributed by atoms with E-state index in [0.29, 0.717) is 36.5 Å². The molecule has 142 valence electrons. The number of halogens is 1. The van der Waals surface area contributed by atoms with Gasteiger partial charge in [0.05, 0.1) is 12.3 Å². The Bertz CT molecular complexity index is 720. The van der Waals surface area contributed by atoms with Crippen molar-refractivity contribution < 1.29 is 9.52 Å². The van der Waals surface area contributed by atoms with E-state index >= 15 is 0 Å². The summed E-state index contributed by atoms with van der Waals surface area (Å²) >= 11 is 5.87. The van der Waals surface area contributed by atoms with Crippen molar-refractivity contribution in [1.29, 1.82) is 0 Å². The maximum Gasteiger partial charge on any atom is 0.216 e. The van der Waals surface area contributed by atoms with Gasteiger partial charge >= 0.3 is 0 Å². The lowest BCUT2D eigenvalue weighted by Gasteiger charge is -2.15. The van der Waals surface area contributed by atoms with Crippen LogP contribution in [0.5, 0.6) is 0 Å². The Labute approximate surface area is 159 Å². The zero-order valence-corrected chi connectivity index (χ0v) is 16.5. The summed E-state index contributed by atoms with van der Waals surface area (Å²) in [5.41, 5.74) is 0.709. The molecular weight excluding hydrogens is 352 g/mol. The van der Waals surface area contributed by atoms with Crippen LogP contribution in [0, 0.1) is 0 Å². The quantitative estimate of drug-likeness (QED) is 0.530. The maximum atomic E-state index is 10.3. The summed E-state index contributed by atoms with van der Waals surface area (Å²) in [6.45, 7) is 9.56. The molecular formula is C19H27ClN4O2. The van der Waals surface area contributed by atoms with E-state index < -0.39 is 6.10 Å². The van der Waals surface area contributed by atoms with Gasteiger partial charge in [0.15, 0.2) is 5.96 Å². The summed E-state index contributed by atoms with van der Waals surface area (Å²) in [4.78, 5) is 8.74. The largest absolute Gasteiger partial charge is 0.443 e. The van der Waals surface area contributed by atoms with Crippen molar-refractivity contribution in [2.45, 2.75) is 45.8 Å². The van der Waals surface area contributed by atoms with Crippen LogP contribution in [0.15, 0.2) is 39.9 Å². The maximum absolute atomic E-state index is 10.3. The SMILES string of the molecule is CCNC(=NCc1ncc(C(C)(C)C)o1)NCC(O)c1ccc(Cl)cc1. The molecule has 0 fully saturated rings. The van der Waals surface area contributed by atoms with E-state index in [1.54, 1.807) is 30.5 Å². The average molecular weight is 379 g/mol. The molecule has 1 aromatic carbocycles. The van der Waals surface area contributed by atoms with Crippen molar-refractivity contribution in [2.24, 2.45) is 4.99 Å². The van der Waals surface area contributed by atoms with E-state index in [2.05, 4.69) is 41.4 Å². The molecule has 1 unspecified atom stereocenters. The lowest BCUT2D eigenvalue weighted by Crippen LogP contribution is -2.39. The van der Waals surface area contributed by atoms with Crippen molar-refractivity contribution in [1.82, 2.24) is 15.6 Å². The molecule has 0 aliphatic carbocycles. The summed E-state index contributed by atoms with van der Waals surface area (Å²) in [7, 11) is 0. The molecule has 1 aromatic heterocycles. The molecule has 0 saturated heterocycles. The minimum Gasteiger partial charge on any atom is -0.443 e. The van der Waals surface area contributed by atoms with E-state index in [1.807, 2.05) is 6.92 Å². The van der Waals surface area contributed by atoms with Gasteiger partial charge in [-0.1, -0.05) is 44.5 Å². The normalized spacial score (nSPS) is 13.5. The zero-order chi connectivity index (χ0) is 19.2. The number of guanidine groups is 1. The first-order chi connectivity index (χ1) is 12.3. The molecule has 0 saturated carbocycles. The van der Waals surface area contributed by atoms with Crippen LogP contribution in [0.25, 0.3) is 0 Å². The minimum atomic E-state index is -0.662. The van der Waals surface area contributed by atoms with Crippen LogP contribution in [-0.2, 0) is 12.0 Å². The van der Waals surface area contributed by atoms with Gasteiger partial charge in [0.1, 0.15) is 12.3 Å². The highest BCUT2D eigenvalue weighted by molar-refractivity contribution is 6.30. The van der Waals surface area contributed by atoms with Crippen molar-refractivity contribution >= 4 is 17.6 Å². The predicted octanol–water partition coefficient (Wildman–Crippen LogP) is 3.41.